The predicted octanol–water partition coefficient (Wildman–Crippen LogP) is 6.28. The van der Waals surface area contributed by atoms with Crippen LogP contribution < -0.4 is 0 Å². The van der Waals surface area contributed by atoms with Crippen LogP contribution in [0.15, 0.2) is 4.34 Å². The van der Waals surface area contributed by atoms with Crippen molar-refractivity contribution >= 4 is 37.3 Å². The summed E-state index contributed by atoms with van der Waals surface area (Å²) >= 11 is -0.302. The van der Waals surface area contributed by atoms with Gasteiger partial charge in [-0.25, -0.2) is 0 Å². The molecule has 0 spiro atoms. The molecular weight excluding hydrogens is 391 g/mol. The van der Waals surface area contributed by atoms with E-state index >= 15 is 0 Å². The molecule has 0 unspecified atom stereocenters. The summed E-state index contributed by atoms with van der Waals surface area (Å²) in [6.45, 7) is 9.06. The van der Waals surface area contributed by atoms with Gasteiger partial charge in [0.1, 0.15) is 0 Å². The third-order valence-electron chi connectivity index (χ3n) is 3.77. The zero-order chi connectivity index (χ0) is 14.8. The van der Waals surface area contributed by atoms with E-state index in [9.17, 15) is 0 Å². The van der Waals surface area contributed by atoms with Crippen LogP contribution in [0.1, 0.15) is 64.3 Å². The van der Waals surface area contributed by atoms with E-state index in [1.165, 1.54) is 56.2 Å². The monoisotopic (exact) mass is 422 g/mol. The summed E-state index contributed by atoms with van der Waals surface area (Å²) in [5.41, 5.74) is 0. The first kappa shape index (κ1) is 18.8. The van der Waals surface area contributed by atoms with Gasteiger partial charge < -0.3 is 0 Å². The van der Waals surface area contributed by atoms with Gasteiger partial charge in [0.25, 0.3) is 0 Å². The van der Waals surface area contributed by atoms with Crippen LogP contribution in [0, 0.1) is 6.92 Å². The molecule has 0 atom stereocenters. The maximum absolute atomic E-state index is 4.41. The zero-order valence-electron chi connectivity index (χ0n) is 13.6. The topological polar surface area (TPSA) is 25.8 Å². The van der Waals surface area contributed by atoms with Crippen LogP contribution in [-0.2, 0) is 0 Å². The van der Waals surface area contributed by atoms with E-state index in [0.717, 1.165) is 5.01 Å². The molecule has 0 saturated heterocycles. The van der Waals surface area contributed by atoms with Gasteiger partial charge in [0.05, 0.1) is 0 Å². The predicted molar refractivity (Wildman–Crippen MR) is 95.4 cm³/mol. The fraction of sp³-hybridized carbons (Fsp3) is 0.867. The average Bonchev–Trinajstić information content (AvgIpc) is 2.85. The van der Waals surface area contributed by atoms with Gasteiger partial charge in [0.15, 0.2) is 0 Å². The SMILES string of the molecule is CCC[CH2][Sn]([CH2]CCC)([CH2]CCC)[S]c1nnc(C)s1. The molecule has 0 aliphatic carbocycles. The van der Waals surface area contributed by atoms with E-state index in [1.54, 1.807) is 0 Å². The fourth-order valence-corrected chi connectivity index (χ4v) is 28.6. The second-order valence-corrected chi connectivity index (χ2v) is 26.3. The van der Waals surface area contributed by atoms with Crippen molar-refractivity contribution < 1.29 is 0 Å². The van der Waals surface area contributed by atoms with Crippen LogP contribution in [0.4, 0.5) is 0 Å². The third-order valence-corrected chi connectivity index (χ3v) is 27.2. The molecule has 0 aromatic carbocycles. The van der Waals surface area contributed by atoms with Gasteiger partial charge >= 0.3 is 136 Å². The Labute approximate surface area is 135 Å². The Morgan fingerprint density at radius 3 is 1.75 bits per heavy atom. The van der Waals surface area contributed by atoms with Crippen LogP contribution in [-0.4, -0.2) is 27.2 Å². The molecule has 1 aromatic heterocycles. The normalized spacial score (nSPS) is 12.0. The average molecular weight is 421 g/mol. The fourth-order valence-electron chi connectivity index (χ4n) is 2.53. The molecule has 0 radical (unpaired) electrons. The van der Waals surface area contributed by atoms with Crippen molar-refractivity contribution in [3.05, 3.63) is 5.01 Å². The van der Waals surface area contributed by atoms with Gasteiger partial charge in [0, 0.05) is 0 Å². The first-order valence-corrected chi connectivity index (χ1v) is 19.3. The van der Waals surface area contributed by atoms with E-state index in [-0.39, 0.29) is 0 Å². The summed E-state index contributed by atoms with van der Waals surface area (Å²) in [5, 5.41) is 9.75. The second-order valence-electron chi connectivity index (χ2n) is 5.68. The molecule has 5 heteroatoms. The summed E-state index contributed by atoms with van der Waals surface area (Å²) in [6, 6.07) is 0. The Hall–Kier alpha value is 0.709. The number of aromatic nitrogens is 2. The van der Waals surface area contributed by atoms with Gasteiger partial charge in [0.2, 0.25) is 0 Å². The van der Waals surface area contributed by atoms with Crippen molar-refractivity contribution in [2.24, 2.45) is 0 Å². The van der Waals surface area contributed by atoms with E-state index in [1.807, 2.05) is 11.3 Å². The molecule has 1 aromatic rings. The van der Waals surface area contributed by atoms with E-state index in [0.29, 0.717) is 0 Å². The molecule has 0 amide bonds. The van der Waals surface area contributed by atoms with Gasteiger partial charge in [-0.2, -0.15) is 0 Å². The number of nitrogens with zero attached hydrogens (tertiary/aromatic N) is 2. The van der Waals surface area contributed by atoms with E-state index in [2.05, 4.69) is 46.8 Å². The van der Waals surface area contributed by atoms with Crippen molar-refractivity contribution in [1.82, 2.24) is 10.2 Å². The Bertz CT molecular complexity index is 347. The van der Waals surface area contributed by atoms with Crippen molar-refractivity contribution in [1.29, 1.82) is 0 Å². The van der Waals surface area contributed by atoms with Gasteiger partial charge in [-0.15, -0.1) is 0 Å². The molecule has 0 bridgehead atoms. The standard InChI is InChI=1S/3C4H9.C3H4N2S2.Sn/c3*1-3-4-2;1-2-4-5-3(6)7-2;/h3*1,3-4H2,2H3;1H3,(H,5,6);/q;;;;+1/p-1. The number of aryl methyl sites for hydroxylation is 1. The molecule has 2 nitrogen and oxygen atoms in total. The minimum absolute atomic E-state index is 1.12. The first-order chi connectivity index (χ1) is 9.65. The number of rotatable bonds is 11. The molecule has 20 heavy (non-hydrogen) atoms. The molecular formula is C15H30N2S2Sn. The van der Waals surface area contributed by atoms with Crippen molar-refractivity contribution in [2.45, 2.75) is 83.9 Å². The van der Waals surface area contributed by atoms with Gasteiger partial charge in [-0.1, -0.05) is 0 Å². The first-order valence-electron chi connectivity index (χ1n) is 8.15. The molecule has 0 N–H and O–H groups in total. The third kappa shape index (κ3) is 6.65. The second kappa shape index (κ2) is 10.4. The Kier molecular flexibility index (Phi) is 9.79. The molecule has 1 rings (SSSR count). The molecule has 116 valence electrons. The minimum atomic E-state index is -2.11. The van der Waals surface area contributed by atoms with Crippen molar-refractivity contribution in [2.75, 3.05) is 0 Å². The van der Waals surface area contributed by atoms with Gasteiger partial charge in [-0.3, -0.25) is 0 Å². The number of hydrogen-bond acceptors (Lipinski definition) is 4. The maximum atomic E-state index is 4.41. The number of unbranched alkanes of at least 4 members (excludes halogenated alkanes) is 3. The van der Waals surface area contributed by atoms with E-state index < -0.39 is 17.0 Å². The van der Waals surface area contributed by atoms with Crippen LogP contribution >= 0.6 is 20.3 Å². The van der Waals surface area contributed by atoms with Crippen LogP contribution in [0.2, 0.25) is 13.3 Å². The van der Waals surface area contributed by atoms with Crippen LogP contribution in [0.5, 0.6) is 0 Å². The van der Waals surface area contributed by atoms with Crippen molar-refractivity contribution in [3.63, 3.8) is 0 Å². The summed E-state index contributed by atoms with van der Waals surface area (Å²) in [7, 11) is 2.23. The molecule has 0 aliphatic rings. The zero-order valence-corrected chi connectivity index (χ0v) is 18.1. The molecule has 0 aliphatic heterocycles. The Morgan fingerprint density at radius 1 is 0.900 bits per heavy atom. The Morgan fingerprint density at radius 2 is 1.40 bits per heavy atom. The molecule has 0 saturated carbocycles. The van der Waals surface area contributed by atoms with Crippen LogP contribution in [0.25, 0.3) is 0 Å². The summed E-state index contributed by atoms with van der Waals surface area (Å²) in [6.07, 6.45) is 8.29. The summed E-state index contributed by atoms with van der Waals surface area (Å²) in [5.74, 6) is 0. The van der Waals surface area contributed by atoms with Crippen molar-refractivity contribution in [3.8, 4) is 0 Å². The van der Waals surface area contributed by atoms with Crippen LogP contribution in [0.3, 0.4) is 0 Å². The number of hydrogen-bond donors (Lipinski definition) is 0. The van der Waals surface area contributed by atoms with Gasteiger partial charge in [-0.05, 0) is 0 Å². The Balaban J connectivity index is 2.80. The molecule has 0 fully saturated rings. The summed E-state index contributed by atoms with van der Waals surface area (Å²) < 4.78 is 5.87. The molecule has 1 heterocycles. The quantitative estimate of drug-likeness (QED) is 0.393. The summed E-state index contributed by atoms with van der Waals surface area (Å²) in [4.78, 5) is 0. The van der Waals surface area contributed by atoms with E-state index in [4.69, 9.17) is 0 Å².